The van der Waals surface area contributed by atoms with Gasteiger partial charge in [0.15, 0.2) is 5.82 Å². The van der Waals surface area contributed by atoms with Crippen LogP contribution in [0.15, 0.2) is 24.3 Å². The standard InChI is InChI=1S/C15H21N5O/c1-11-17-18-19-20(11)13-7-5-6-12(10-13)16-14-8-3-4-9-15(14)21-2/h5-7,10,14-16H,3-4,8-9H2,1-2H3. The van der Waals surface area contributed by atoms with Gasteiger partial charge in [0.2, 0.25) is 0 Å². The van der Waals surface area contributed by atoms with Crippen molar-refractivity contribution in [1.82, 2.24) is 20.2 Å². The van der Waals surface area contributed by atoms with Gasteiger partial charge in [0, 0.05) is 12.8 Å². The first kappa shape index (κ1) is 14.0. The summed E-state index contributed by atoms with van der Waals surface area (Å²) in [6.45, 7) is 1.89. The van der Waals surface area contributed by atoms with Crippen molar-refractivity contribution in [2.75, 3.05) is 12.4 Å². The Hall–Kier alpha value is -1.95. The first-order chi connectivity index (χ1) is 10.3. The number of tetrazole rings is 1. The molecule has 1 aliphatic rings. The Bertz CT molecular complexity index is 597. The van der Waals surface area contributed by atoms with E-state index >= 15 is 0 Å². The average Bonchev–Trinajstić information content (AvgIpc) is 2.94. The number of aromatic nitrogens is 4. The van der Waals surface area contributed by atoms with E-state index in [-0.39, 0.29) is 6.10 Å². The zero-order valence-electron chi connectivity index (χ0n) is 12.5. The highest BCUT2D eigenvalue weighted by atomic mass is 16.5. The van der Waals surface area contributed by atoms with E-state index < -0.39 is 0 Å². The second kappa shape index (κ2) is 6.22. The first-order valence-corrected chi connectivity index (χ1v) is 7.42. The van der Waals surface area contributed by atoms with Gasteiger partial charge in [-0.25, -0.2) is 0 Å². The number of nitrogens with zero attached hydrogens (tertiary/aromatic N) is 4. The molecule has 1 aliphatic carbocycles. The van der Waals surface area contributed by atoms with Crippen molar-refractivity contribution in [3.05, 3.63) is 30.1 Å². The van der Waals surface area contributed by atoms with Crippen molar-refractivity contribution in [2.45, 2.75) is 44.8 Å². The van der Waals surface area contributed by atoms with Gasteiger partial charge < -0.3 is 10.1 Å². The van der Waals surface area contributed by atoms with Crippen molar-refractivity contribution in [1.29, 1.82) is 0 Å². The van der Waals surface area contributed by atoms with Crippen molar-refractivity contribution in [3.8, 4) is 5.69 Å². The van der Waals surface area contributed by atoms with Gasteiger partial charge in [-0.2, -0.15) is 4.68 Å². The van der Waals surface area contributed by atoms with Crippen LogP contribution >= 0.6 is 0 Å². The van der Waals surface area contributed by atoms with Gasteiger partial charge in [0.05, 0.1) is 17.8 Å². The summed E-state index contributed by atoms with van der Waals surface area (Å²) in [6.07, 6.45) is 5.06. The Morgan fingerprint density at radius 1 is 1.29 bits per heavy atom. The molecule has 6 nitrogen and oxygen atoms in total. The summed E-state index contributed by atoms with van der Waals surface area (Å²) >= 11 is 0. The fourth-order valence-electron chi connectivity index (χ4n) is 2.96. The summed E-state index contributed by atoms with van der Waals surface area (Å²) in [4.78, 5) is 0. The molecule has 112 valence electrons. The Morgan fingerprint density at radius 3 is 2.90 bits per heavy atom. The zero-order valence-corrected chi connectivity index (χ0v) is 12.5. The molecule has 2 aromatic rings. The van der Waals surface area contributed by atoms with Crippen molar-refractivity contribution < 1.29 is 4.74 Å². The molecule has 0 radical (unpaired) electrons. The van der Waals surface area contributed by atoms with Crippen LogP contribution in [0.2, 0.25) is 0 Å². The third-order valence-electron chi connectivity index (χ3n) is 4.07. The summed E-state index contributed by atoms with van der Waals surface area (Å²) in [5.41, 5.74) is 2.05. The molecule has 2 unspecified atom stereocenters. The Morgan fingerprint density at radius 2 is 2.14 bits per heavy atom. The summed E-state index contributed by atoms with van der Waals surface area (Å²) in [7, 11) is 1.80. The number of methoxy groups -OCH3 is 1. The van der Waals surface area contributed by atoms with E-state index in [2.05, 4.69) is 33.0 Å². The predicted molar refractivity (Wildman–Crippen MR) is 80.6 cm³/mol. The molecular formula is C15H21N5O. The van der Waals surface area contributed by atoms with Gasteiger partial charge in [-0.05, 0) is 48.4 Å². The van der Waals surface area contributed by atoms with E-state index in [0.717, 1.165) is 30.0 Å². The lowest BCUT2D eigenvalue weighted by molar-refractivity contribution is 0.0606. The molecule has 1 aromatic heterocycles. The minimum Gasteiger partial charge on any atom is -0.380 e. The van der Waals surface area contributed by atoms with E-state index in [0.29, 0.717) is 6.04 Å². The number of ether oxygens (including phenoxy) is 1. The van der Waals surface area contributed by atoms with Crippen molar-refractivity contribution >= 4 is 5.69 Å². The number of benzene rings is 1. The predicted octanol–water partition coefficient (Wildman–Crippen LogP) is 2.34. The summed E-state index contributed by atoms with van der Waals surface area (Å²) in [5, 5.41) is 15.2. The molecule has 3 rings (SSSR count). The number of aryl methyl sites for hydroxylation is 1. The molecule has 2 atom stereocenters. The van der Waals surface area contributed by atoms with Crippen LogP contribution in [-0.4, -0.2) is 39.5 Å². The first-order valence-electron chi connectivity index (χ1n) is 7.42. The van der Waals surface area contributed by atoms with Crippen molar-refractivity contribution in [3.63, 3.8) is 0 Å². The normalized spacial score (nSPS) is 22.2. The van der Waals surface area contributed by atoms with Gasteiger partial charge in [0.1, 0.15) is 0 Å². The molecule has 21 heavy (non-hydrogen) atoms. The molecule has 1 fully saturated rings. The van der Waals surface area contributed by atoms with Crippen LogP contribution in [0.1, 0.15) is 31.5 Å². The lowest BCUT2D eigenvalue weighted by Gasteiger charge is -2.31. The second-order valence-electron chi connectivity index (χ2n) is 5.50. The largest absolute Gasteiger partial charge is 0.380 e. The summed E-state index contributed by atoms with van der Waals surface area (Å²) in [5.74, 6) is 0.777. The molecule has 1 heterocycles. The third kappa shape index (κ3) is 3.05. The van der Waals surface area contributed by atoms with Gasteiger partial charge in [0.25, 0.3) is 0 Å². The zero-order chi connectivity index (χ0) is 14.7. The smallest absolute Gasteiger partial charge is 0.153 e. The number of anilines is 1. The van der Waals surface area contributed by atoms with Crippen LogP contribution in [0.5, 0.6) is 0 Å². The van der Waals surface area contributed by atoms with Gasteiger partial charge in [-0.15, -0.1) is 5.10 Å². The van der Waals surface area contributed by atoms with E-state index in [4.69, 9.17) is 4.74 Å². The van der Waals surface area contributed by atoms with E-state index in [1.165, 1.54) is 12.8 Å². The van der Waals surface area contributed by atoms with E-state index in [1.807, 2.05) is 19.1 Å². The fourth-order valence-corrected chi connectivity index (χ4v) is 2.96. The second-order valence-corrected chi connectivity index (χ2v) is 5.50. The highest BCUT2D eigenvalue weighted by Crippen LogP contribution is 2.25. The van der Waals surface area contributed by atoms with Crippen LogP contribution < -0.4 is 5.32 Å². The van der Waals surface area contributed by atoms with Crippen LogP contribution in [0.3, 0.4) is 0 Å². The Kier molecular flexibility index (Phi) is 4.15. The summed E-state index contributed by atoms with van der Waals surface area (Å²) in [6, 6.07) is 8.54. The highest BCUT2D eigenvalue weighted by molar-refractivity contribution is 5.51. The molecule has 0 amide bonds. The van der Waals surface area contributed by atoms with Crippen molar-refractivity contribution in [2.24, 2.45) is 0 Å². The minimum absolute atomic E-state index is 0.289. The molecule has 0 saturated heterocycles. The van der Waals surface area contributed by atoms with Gasteiger partial charge in [-0.1, -0.05) is 18.9 Å². The van der Waals surface area contributed by atoms with Crippen LogP contribution in [-0.2, 0) is 4.74 Å². The SMILES string of the molecule is COC1CCCCC1Nc1cccc(-n2nnnc2C)c1. The molecule has 1 aromatic carbocycles. The monoisotopic (exact) mass is 287 g/mol. The van der Waals surface area contributed by atoms with Crippen LogP contribution in [0.25, 0.3) is 5.69 Å². The molecular weight excluding hydrogens is 266 g/mol. The van der Waals surface area contributed by atoms with Gasteiger partial charge >= 0.3 is 0 Å². The molecule has 0 bridgehead atoms. The van der Waals surface area contributed by atoms with E-state index in [1.54, 1.807) is 11.8 Å². The highest BCUT2D eigenvalue weighted by Gasteiger charge is 2.24. The number of nitrogens with one attached hydrogen (secondary N) is 1. The third-order valence-corrected chi connectivity index (χ3v) is 4.07. The molecule has 1 saturated carbocycles. The molecule has 0 spiro atoms. The van der Waals surface area contributed by atoms with E-state index in [9.17, 15) is 0 Å². The Labute approximate surface area is 124 Å². The lowest BCUT2D eigenvalue weighted by atomic mass is 9.92. The maximum Gasteiger partial charge on any atom is 0.153 e. The van der Waals surface area contributed by atoms with Crippen LogP contribution in [0.4, 0.5) is 5.69 Å². The Balaban J connectivity index is 1.78. The number of rotatable bonds is 4. The average molecular weight is 287 g/mol. The fraction of sp³-hybridized carbons (Fsp3) is 0.533. The maximum absolute atomic E-state index is 5.60. The topological polar surface area (TPSA) is 64.9 Å². The quantitative estimate of drug-likeness (QED) is 0.935. The molecule has 6 heteroatoms. The molecule has 1 N–H and O–H groups in total. The lowest BCUT2D eigenvalue weighted by Crippen LogP contribution is -2.37. The maximum atomic E-state index is 5.60. The van der Waals surface area contributed by atoms with Gasteiger partial charge in [-0.3, -0.25) is 0 Å². The summed E-state index contributed by atoms with van der Waals surface area (Å²) < 4.78 is 7.33. The number of hydrogen-bond acceptors (Lipinski definition) is 5. The molecule has 0 aliphatic heterocycles. The number of hydrogen-bond donors (Lipinski definition) is 1. The minimum atomic E-state index is 0.289. The van der Waals surface area contributed by atoms with Crippen LogP contribution in [0, 0.1) is 6.92 Å².